The lowest BCUT2D eigenvalue weighted by Gasteiger charge is -2.42. The van der Waals surface area contributed by atoms with Crippen molar-refractivity contribution in [1.82, 2.24) is 15.0 Å². The van der Waals surface area contributed by atoms with E-state index in [0.717, 1.165) is 24.6 Å². The molecule has 172 valence electrons. The average molecular weight is 457 g/mol. The number of benzene rings is 1. The van der Waals surface area contributed by atoms with Gasteiger partial charge in [0.25, 0.3) is 0 Å². The fourth-order valence-electron chi connectivity index (χ4n) is 4.09. The van der Waals surface area contributed by atoms with Crippen molar-refractivity contribution in [2.75, 3.05) is 29.4 Å². The first kappa shape index (κ1) is 22.2. The maximum absolute atomic E-state index is 13.5. The van der Waals surface area contributed by atoms with Crippen molar-refractivity contribution >= 4 is 22.8 Å². The predicted octanol–water partition coefficient (Wildman–Crippen LogP) is 5.49. The molecule has 1 saturated heterocycles. The molecule has 0 spiro atoms. The topological polar surface area (TPSA) is 48.1 Å². The number of rotatable bonds is 4. The van der Waals surface area contributed by atoms with Crippen LogP contribution in [0.3, 0.4) is 0 Å². The molecule has 32 heavy (non-hydrogen) atoms. The Balaban J connectivity index is 1.62. The van der Waals surface area contributed by atoms with Gasteiger partial charge in [-0.3, -0.25) is 0 Å². The number of piperazine rings is 1. The molecule has 1 N–H and O–H groups in total. The Labute approximate surface area is 180 Å². The number of nitrogens with zero attached hydrogens (tertiary/aromatic N) is 4. The summed E-state index contributed by atoms with van der Waals surface area (Å²) in [7, 11) is 0. The monoisotopic (exact) mass is 457 g/mol. The van der Waals surface area contributed by atoms with Crippen LogP contribution in [0.1, 0.15) is 30.9 Å². The number of fused-ring (bicyclic) bond motifs is 1. The van der Waals surface area contributed by atoms with E-state index in [9.17, 15) is 26.3 Å². The molecule has 0 bridgehead atoms. The highest BCUT2D eigenvalue weighted by Crippen LogP contribution is 2.37. The van der Waals surface area contributed by atoms with Gasteiger partial charge in [-0.1, -0.05) is 13.3 Å². The van der Waals surface area contributed by atoms with E-state index < -0.39 is 23.5 Å². The molecule has 1 aromatic carbocycles. The van der Waals surface area contributed by atoms with Crippen LogP contribution in [0.2, 0.25) is 0 Å². The third-order valence-corrected chi connectivity index (χ3v) is 5.57. The number of nitrogens with one attached hydrogen (secondary N) is 1. The summed E-state index contributed by atoms with van der Waals surface area (Å²) in [4.78, 5) is 14.9. The molecule has 1 atom stereocenters. The van der Waals surface area contributed by atoms with Gasteiger partial charge in [0.05, 0.1) is 22.2 Å². The van der Waals surface area contributed by atoms with Gasteiger partial charge in [0.1, 0.15) is 5.82 Å². The number of aromatic amines is 1. The quantitative estimate of drug-likeness (QED) is 0.527. The molecular formula is C21H21F6N5. The fourth-order valence-corrected chi connectivity index (χ4v) is 4.09. The summed E-state index contributed by atoms with van der Waals surface area (Å²) in [6.45, 7) is 2.88. The minimum Gasteiger partial charge on any atom is -0.352 e. The van der Waals surface area contributed by atoms with Crippen molar-refractivity contribution in [1.29, 1.82) is 0 Å². The van der Waals surface area contributed by atoms with Crippen molar-refractivity contribution in [2.24, 2.45) is 0 Å². The van der Waals surface area contributed by atoms with Gasteiger partial charge in [0.2, 0.25) is 5.95 Å². The standard InChI is InChI=1S/C21H21F6N5/c1-2-4-14-12-31(18-15(21(25,26)27)5-3-8-28-18)9-10-32(14)19-29-16-7-6-13(20(22,23)24)11-17(16)30-19/h3,5-8,11,14H,2,4,9-10,12H2,1H3,(H,29,30). The highest BCUT2D eigenvalue weighted by molar-refractivity contribution is 5.78. The van der Waals surface area contributed by atoms with E-state index in [4.69, 9.17) is 0 Å². The van der Waals surface area contributed by atoms with E-state index in [2.05, 4.69) is 15.0 Å². The van der Waals surface area contributed by atoms with Crippen molar-refractivity contribution in [3.63, 3.8) is 0 Å². The summed E-state index contributed by atoms with van der Waals surface area (Å²) in [5.41, 5.74) is -0.900. The lowest BCUT2D eigenvalue weighted by atomic mass is 10.1. The molecule has 1 aliphatic rings. The molecule has 1 aliphatic heterocycles. The number of anilines is 2. The van der Waals surface area contributed by atoms with Gasteiger partial charge in [-0.2, -0.15) is 26.3 Å². The third kappa shape index (κ3) is 4.33. The largest absolute Gasteiger partial charge is 0.419 e. The second kappa shape index (κ2) is 8.18. The van der Waals surface area contributed by atoms with Gasteiger partial charge in [-0.05, 0) is 36.8 Å². The minimum atomic E-state index is -4.52. The van der Waals surface area contributed by atoms with E-state index in [-0.39, 0.29) is 23.9 Å². The molecule has 1 fully saturated rings. The van der Waals surface area contributed by atoms with Gasteiger partial charge in [0.15, 0.2) is 0 Å². The summed E-state index contributed by atoms with van der Waals surface area (Å²) >= 11 is 0. The van der Waals surface area contributed by atoms with Gasteiger partial charge >= 0.3 is 12.4 Å². The van der Waals surface area contributed by atoms with Gasteiger partial charge in [0, 0.05) is 31.9 Å². The van der Waals surface area contributed by atoms with Crippen LogP contribution in [0.4, 0.5) is 38.1 Å². The zero-order chi connectivity index (χ0) is 23.1. The van der Waals surface area contributed by atoms with Gasteiger partial charge < -0.3 is 14.8 Å². The smallest absolute Gasteiger partial charge is 0.352 e. The van der Waals surface area contributed by atoms with E-state index in [0.29, 0.717) is 31.0 Å². The molecule has 0 radical (unpaired) electrons. The zero-order valence-corrected chi connectivity index (χ0v) is 17.1. The van der Waals surface area contributed by atoms with Crippen LogP contribution in [0.15, 0.2) is 36.5 Å². The molecule has 11 heteroatoms. The first-order chi connectivity index (χ1) is 15.1. The van der Waals surface area contributed by atoms with Crippen LogP contribution in [-0.2, 0) is 12.4 Å². The number of hydrogen-bond acceptors (Lipinski definition) is 4. The molecular weight excluding hydrogens is 436 g/mol. The fraction of sp³-hybridized carbons (Fsp3) is 0.429. The van der Waals surface area contributed by atoms with Crippen LogP contribution in [0.5, 0.6) is 0 Å². The summed E-state index contributed by atoms with van der Waals surface area (Å²) < 4.78 is 79.4. The van der Waals surface area contributed by atoms with E-state index in [1.165, 1.54) is 18.3 Å². The normalized spacial score (nSPS) is 17.9. The van der Waals surface area contributed by atoms with Crippen molar-refractivity contribution in [3.05, 3.63) is 47.7 Å². The zero-order valence-electron chi connectivity index (χ0n) is 17.1. The second-order valence-electron chi connectivity index (χ2n) is 7.74. The molecule has 4 rings (SSSR count). The Morgan fingerprint density at radius 2 is 1.84 bits per heavy atom. The lowest BCUT2D eigenvalue weighted by molar-refractivity contribution is -0.138. The SMILES string of the molecule is CCCC1CN(c2ncccc2C(F)(F)F)CCN1c1nc2ccc(C(F)(F)F)cc2[nH]1. The number of alkyl halides is 6. The Hall–Kier alpha value is -2.98. The summed E-state index contributed by atoms with van der Waals surface area (Å²) in [6.07, 6.45) is -6.19. The highest BCUT2D eigenvalue weighted by atomic mass is 19.4. The number of aromatic nitrogens is 3. The molecule has 3 aromatic rings. The summed E-state index contributed by atoms with van der Waals surface area (Å²) in [5, 5.41) is 0. The predicted molar refractivity (Wildman–Crippen MR) is 109 cm³/mol. The van der Waals surface area contributed by atoms with E-state index >= 15 is 0 Å². The Kier molecular flexibility index (Phi) is 5.68. The summed E-state index contributed by atoms with van der Waals surface area (Å²) in [5.74, 6) is 0.301. The minimum absolute atomic E-state index is 0.111. The lowest BCUT2D eigenvalue weighted by Crippen LogP contribution is -2.54. The van der Waals surface area contributed by atoms with Crippen LogP contribution in [0, 0.1) is 0 Å². The van der Waals surface area contributed by atoms with Crippen LogP contribution in [-0.4, -0.2) is 40.6 Å². The third-order valence-electron chi connectivity index (χ3n) is 5.57. The molecule has 1 unspecified atom stereocenters. The van der Waals surface area contributed by atoms with Crippen LogP contribution >= 0.6 is 0 Å². The van der Waals surface area contributed by atoms with Crippen LogP contribution in [0.25, 0.3) is 11.0 Å². The number of pyridine rings is 1. The number of imidazole rings is 1. The first-order valence-electron chi connectivity index (χ1n) is 10.2. The molecule has 0 amide bonds. The van der Waals surface area contributed by atoms with Crippen molar-refractivity contribution in [3.8, 4) is 0 Å². The van der Waals surface area contributed by atoms with Crippen LogP contribution < -0.4 is 9.80 Å². The van der Waals surface area contributed by atoms with Gasteiger partial charge in [-0.25, -0.2) is 9.97 Å². The molecule has 2 aromatic heterocycles. The Morgan fingerprint density at radius 3 is 2.53 bits per heavy atom. The van der Waals surface area contributed by atoms with Crippen molar-refractivity contribution < 1.29 is 26.3 Å². The van der Waals surface area contributed by atoms with E-state index in [1.807, 2.05) is 11.8 Å². The average Bonchev–Trinajstić information content (AvgIpc) is 3.16. The maximum Gasteiger partial charge on any atom is 0.419 e. The van der Waals surface area contributed by atoms with Gasteiger partial charge in [-0.15, -0.1) is 0 Å². The second-order valence-corrected chi connectivity index (χ2v) is 7.74. The molecule has 5 nitrogen and oxygen atoms in total. The molecule has 0 aliphatic carbocycles. The Morgan fingerprint density at radius 1 is 1.06 bits per heavy atom. The van der Waals surface area contributed by atoms with E-state index in [1.54, 1.807) is 4.90 Å². The molecule has 3 heterocycles. The maximum atomic E-state index is 13.5. The number of H-pyrrole nitrogens is 1. The first-order valence-corrected chi connectivity index (χ1v) is 10.2. The number of hydrogen-bond donors (Lipinski definition) is 1. The van der Waals surface area contributed by atoms with Crippen molar-refractivity contribution in [2.45, 2.75) is 38.2 Å². The molecule has 0 saturated carbocycles. The highest BCUT2D eigenvalue weighted by Gasteiger charge is 2.38. The summed E-state index contributed by atoms with van der Waals surface area (Å²) in [6, 6.07) is 5.40. The number of halogens is 6. The Bertz CT molecular complexity index is 1090.